The van der Waals surface area contributed by atoms with Gasteiger partial charge in [-0.3, -0.25) is 4.79 Å². The van der Waals surface area contributed by atoms with Crippen LogP contribution in [0, 0.1) is 11.8 Å². The smallest absolute Gasteiger partial charge is 0.163 e. The molecule has 20 heavy (non-hydrogen) atoms. The second-order valence-corrected chi connectivity index (χ2v) is 5.78. The molecule has 106 valence electrons. The Morgan fingerprint density at radius 2 is 1.85 bits per heavy atom. The van der Waals surface area contributed by atoms with Gasteiger partial charge in [-0.05, 0) is 43.1 Å². The number of benzene rings is 1. The zero-order valence-corrected chi connectivity index (χ0v) is 12.4. The van der Waals surface area contributed by atoms with Crippen LogP contribution in [0.2, 0.25) is 0 Å². The van der Waals surface area contributed by atoms with E-state index in [2.05, 4.69) is 19.2 Å². The maximum atomic E-state index is 12.3. The van der Waals surface area contributed by atoms with E-state index in [0.29, 0.717) is 24.0 Å². The fraction of sp³-hybridized carbons (Fsp3) is 0.474. The zero-order valence-electron chi connectivity index (χ0n) is 12.4. The van der Waals surface area contributed by atoms with Crippen molar-refractivity contribution in [2.45, 2.75) is 45.4 Å². The first-order valence-corrected chi connectivity index (χ1v) is 7.70. The minimum Gasteiger partial charge on any atom is -0.294 e. The Morgan fingerprint density at radius 3 is 2.45 bits per heavy atom. The molecule has 0 unspecified atom stereocenters. The number of allylic oxidation sites excluding steroid dienone is 1. The van der Waals surface area contributed by atoms with Gasteiger partial charge in [0.1, 0.15) is 0 Å². The number of carbonyl (C=O) groups is 1. The molecule has 1 aliphatic carbocycles. The summed E-state index contributed by atoms with van der Waals surface area (Å²) in [6, 6.07) is 9.68. The Morgan fingerprint density at radius 1 is 1.20 bits per heavy atom. The summed E-state index contributed by atoms with van der Waals surface area (Å²) in [5.74, 6) is 1.48. The highest BCUT2D eigenvalue weighted by molar-refractivity contribution is 5.96. The van der Waals surface area contributed by atoms with Gasteiger partial charge in [0, 0.05) is 12.0 Å². The van der Waals surface area contributed by atoms with Crippen LogP contribution in [0.5, 0.6) is 0 Å². The van der Waals surface area contributed by atoms with E-state index in [9.17, 15) is 4.79 Å². The van der Waals surface area contributed by atoms with Gasteiger partial charge in [-0.2, -0.15) is 0 Å². The second-order valence-electron chi connectivity index (χ2n) is 5.78. The number of rotatable bonds is 6. The highest BCUT2D eigenvalue weighted by Crippen LogP contribution is 2.38. The number of ketones is 1. The van der Waals surface area contributed by atoms with E-state index < -0.39 is 0 Å². The molecule has 0 amide bonds. The summed E-state index contributed by atoms with van der Waals surface area (Å²) in [5, 5.41) is 0. The van der Waals surface area contributed by atoms with Gasteiger partial charge in [0.05, 0.1) is 0 Å². The quantitative estimate of drug-likeness (QED) is 0.512. The summed E-state index contributed by atoms with van der Waals surface area (Å²) >= 11 is 0. The summed E-state index contributed by atoms with van der Waals surface area (Å²) in [6.45, 7) is 5.94. The van der Waals surface area contributed by atoms with Crippen LogP contribution in [0.4, 0.5) is 0 Å². The standard InChI is InChI=1S/C19H24O/c1-3-15(4-2)13-17-11-8-12-18(17)14-19(20)16-9-6-5-7-10-16/h5-7,9-10,17-18H,1,4,8,11-14H2,2H3/t17-,18-/m0/s1. The number of Topliss-reactive ketones (excluding diaryl/α,β-unsaturated/α-hetero) is 1. The molecular weight excluding hydrogens is 244 g/mol. The fourth-order valence-corrected chi connectivity index (χ4v) is 3.29. The third-order valence-electron chi connectivity index (χ3n) is 4.55. The van der Waals surface area contributed by atoms with Gasteiger partial charge in [0.15, 0.2) is 5.78 Å². The maximum absolute atomic E-state index is 12.3. The fourth-order valence-electron chi connectivity index (χ4n) is 3.29. The molecule has 0 radical (unpaired) electrons. The lowest BCUT2D eigenvalue weighted by molar-refractivity contribution is 0.0950. The van der Waals surface area contributed by atoms with Crippen LogP contribution in [-0.2, 0) is 0 Å². The average Bonchev–Trinajstić information content (AvgIpc) is 2.92. The molecule has 2 atom stereocenters. The van der Waals surface area contributed by atoms with Crippen LogP contribution < -0.4 is 0 Å². The van der Waals surface area contributed by atoms with Crippen molar-refractivity contribution in [2.75, 3.05) is 0 Å². The first-order valence-electron chi connectivity index (χ1n) is 7.70. The third kappa shape index (κ3) is 3.71. The molecule has 0 heterocycles. The van der Waals surface area contributed by atoms with E-state index in [1.54, 1.807) is 0 Å². The van der Waals surface area contributed by atoms with Crippen molar-refractivity contribution in [1.29, 1.82) is 0 Å². The molecule has 1 aromatic rings. The molecule has 0 N–H and O–H groups in total. The Bertz CT molecular complexity index is 494. The third-order valence-corrected chi connectivity index (χ3v) is 4.55. The van der Waals surface area contributed by atoms with Crippen molar-refractivity contribution in [2.24, 2.45) is 11.8 Å². The molecule has 2 rings (SSSR count). The Balaban J connectivity index is 1.98. The summed E-state index contributed by atoms with van der Waals surface area (Å²) in [4.78, 5) is 12.3. The lowest BCUT2D eigenvalue weighted by Crippen LogP contribution is -2.14. The highest BCUT2D eigenvalue weighted by atomic mass is 16.1. The minimum absolute atomic E-state index is 0.295. The topological polar surface area (TPSA) is 17.1 Å². The van der Waals surface area contributed by atoms with E-state index in [1.165, 1.54) is 24.8 Å². The molecule has 1 saturated carbocycles. The second kappa shape index (κ2) is 7.26. The largest absolute Gasteiger partial charge is 0.294 e. The predicted molar refractivity (Wildman–Crippen MR) is 83.8 cm³/mol. The van der Waals surface area contributed by atoms with Crippen molar-refractivity contribution >= 4 is 5.78 Å². The first kappa shape index (κ1) is 14.8. The molecule has 0 spiro atoms. The SMILES string of the molecule is C=C=C(CC)C[C@@H]1CCC[C@H]1CC(=O)c1ccccc1. The molecule has 0 bridgehead atoms. The highest BCUT2D eigenvalue weighted by Gasteiger charge is 2.29. The van der Waals surface area contributed by atoms with Gasteiger partial charge in [-0.15, -0.1) is 5.73 Å². The van der Waals surface area contributed by atoms with Crippen molar-refractivity contribution in [3.8, 4) is 0 Å². The van der Waals surface area contributed by atoms with Crippen LogP contribution >= 0.6 is 0 Å². The number of hydrogen-bond acceptors (Lipinski definition) is 1. The molecule has 1 fully saturated rings. The summed E-state index contributed by atoms with van der Waals surface area (Å²) in [5.41, 5.74) is 5.23. The van der Waals surface area contributed by atoms with Gasteiger partial charge in [-0.25, -0.2) is 0 Å². The van der Waals surface area contributed by atoms with Crippen LogP contribution in [0.1, 0.15) is 55.8 Å². The molecule has 0 saturated heterocycles. The van der Waals surface area contributed by atoms with E-state index in [-0.39, 0.29) is 0 Å². The van der Waals surface area contributed by atoms with Crippen LogP contribution in [0.25, 0.3) is 0 Å². The molecule has 1 nitrogen and oxygen atoms in total. The van der Waals surface area contributed by atoms with Crippen molar-refractivity contribution < 1.29 is 4.79 Å². The molecule has 1 heteroatoms. The summed E-state index contributed by atoms with van der Waals surface area (Å²) in [6.07, 6.45) is 6.50. The molecule has 0 aliphatic heterocycles. The Kier molecular flexibility index (Phi) is 5.38. The van der Waals surface area contributed by atoms with Crippen molar-refractivity contribution in [1.82, 2.24) is 0 Å². The number of hydrogen-bond donors (Lipinski definition) is 0. The van der Waals surface area contributed by atoms with Crippen LogP contribution in [0.15, 0.2) is 48.2 Å². The van der Waals surface area contributed by atoms with Gasteiger partial charge in [0.2, 0.25) is 0 Å². The molecule has 0 aromatic heterocycles. The Labute approximate surface area is 122 Å². The first-order chi connectivity index (χ1) is 9.74. The van der Waals surface area contributed by atoms with Crippen molar-refractivity contribution in [3.05, 3.63) is 53.8 Å². The minimum atomic E-state index is 0.295. The predicted octanol–water partition coefficient (Wildman–Crippen LogP) is 5.19. The van der Waals surface area contributed by atoms with Crippen LogP contribution in [-0.4, -0.2) is 5.78 Å². The summed E-state index contributed by atoms with van der Waals surface area (Å²) in [7, 11) is 0. The number of carbonyl (C=O) groups excluding carboxylic acids is 1. The Hall–Kier alpha value is -1.59. The molecular formula is C19H24O. The van der Waals surface area contributed by atoms with E-state index >= 15 is 0 Å². The van der Waals surface area contributed by atoms with E-state index in [1.807, 2.05) is 30.3 Å². The maximum Gasteiger partial charge on any atom is 0.163 e. The van der Waals surface area contributed by atoms with Gasteiger partial charge >= 0.3 is 0 Å². The van der Waals surface area contributed by atoms with Gasteiger partial charge in [-0.1, -0.05) is 50.3 Å². The van der Waals surface area contributed by atoms with Crippen molar-refractivity contribution in [3.63, 3.8) is 0 Å². The normalized spacial score (nSPS) is 21.4. The van der Waals surface area contributed by atoms with E-state index in [4.69, 9.17) is 0 Å². The van der Waals surface area contributed by atoms with Gasteiger partial charge in [0.25, 0.3) is 0 Å². The molecule has 1 aliphatic rings. The van der Waals surface area contributed by atoms with E-state index in [0.717, 1.165) is 18.4 Å². The lowest BCUT2D eigenvalue weighted by atomic mass is 9.85. The molecule has 1 aromatic carbocycles. The zero-order chi connectivity index (χ0) is 14.4. The average molecular weight is 268 g/mol. The van der Waals surface area contributed by atoms with Crippen LogP contribution in [0.3, 0.4) is 0 Å². The lowest BCUT2D eigenvalue weighted by Gasteiger charge is -2.19. The van der Waals surface area contributed by atoms with Gasteiger partial charge < -0.3 is 0 Å². The summed E-state index contributed by atoms with van der Waals surface area (Å²) < 4.78 is 0. The monoisotopic (exact) mass is 268 g/mol.